The summed E-state index contributed by atoms with van der Waals surface area (Å²) >= 11 is 12.9. The predicted octanol–water partition coefficient (Wildman–Crippen LogP) is 11.1. The number of aromatic nitrogens is 2. The third-order valence-corrected chi connectivity index (χ3v) is 8.16. The lowest BCUT2D eigenvalue weighted by atomic mass is 10.1. The third-order valence-electron chi connectivity index (χ3n) is 7.56. The zero-order chi connectivity index (χ0) is 34.5. The van der Waals surface area contributed by atoms with Gasteiger partial charge in [-0.1, -0.05) is 47.5 Å². The van der Waals surface area contributed by atoms with Crippen molar-refractivity contribution >= 4 is 57.5 Å². The fourth-order valence-corrected chi connectivity index (χ4v) is 5.58. The van der Waals surface area contributed by atoms with E-state index in [1.54, 1.807) is 60.8 Å². The largest absolute Gasteiger partial charge is 0.487 e. The Morgan fingerprint density at radius 2 is 1.42 bits per heavy atom. The maximum Gasteiger partial charge on any atom is 0.145 e. The molecule has 7 rings (SSSR count). The molecule has 0 aliphatic heterocycles. The van der Waals surface area contributed by atoms with Crippen molar-refractivity contribution in [3.63, 3.8) is 0 Å². The summed E-state index contributed by atoms with van der Waals surface area (Å²) in [5.74, 6) is 2.04. The first-order chi connectivity index (χ1) is 24.4. The zero-order valence-electron chi connectivity index (χ0n) is 26.1. The van der Waals surface area contributed by atoms with Gasteiger partial charge in [0, 0.05) is 16.6 Å². The Morgan fingerprint density at radius 1 is 0.720 bits per heavy atom. The van der Waals surface area contributed by atoms with Crippen LogP contribution < -0.4 is 14.8 Å². The molecular weight excluding hydrogens is 681 g/mol. The summed E-state index contributed by atoms with van der Waals surface area (Å²) in [5.41, 5.74) is 4.25. The molecular formula is C39H26Cl2F2N4O3. The fourth-order valence-electron chi connectivity index (χ4n) is 5.12. The number of hydrogen-bond acceptors (Lipinski definition) is 7. The van der Waals surface area contributed by atoms with Crippen LogP contribution in [0.4, 0.5) is 26.0 Å². The molecule has 2 aromatic heterocycles. The van der Waals surface area contributed by atoms with Gasteiger partial charge in [-0.2, -0.15) is 0 Å². The molecule has 248 valence electrons. The number of nitrogens with zero attached hydrogens (tertiary/aromatic N) is 3. The number of nitrogens with one attached hydrogen (secondary N) is 1. The van der Waals surface area contributed by atoms with Gasteiger partial charge in [0.25, 0.3) is 0 Å². The topological polar surface area (TPSA) is 81.8 Å². The van der Waals surface area contributed by atoms with Crippen molar-refractivity contribution in [2.24, 2.45) is 4.99 Å². The second-order valence-electron chi connectivity index (χ2n) is 11.1. The molecule has 0 radical (unpaired) electrons. The highest BCUT2D eigenvalue weighted by atomic mass is 35.5. The average Bonchev–Trinajstić information content (AvgIpc) is 3.59. The fraction of sp³-hybridized carbons (Fsp3) is 0.0513. The van der Waals surface area contributed by atoms with Gasteiger partial charge in [0.05, 0.1) is 27.5 Å². The third kappa shape index (κ3) is 7.92. The van der Waals surface area contributed by atoms with E-state index in [0.717, 1.165) is 16.5 Å². The van der Waals surface area contributed by atoms with Crippen LogP contribution in [0.1, 0.15) is 16.9 Å². The van der Waals surface area contributed by atoms with Crippen molar-refractivity contribution in [1.82, 2.24) is 9.97 Å². The first kappa shape index (κ1) is 32.8. The normalized spacial score (nSPS) is 11.3. The van der Waals surface area contributed by atoms with Crippen molar-refractivity contribution < 1.29 is 22.7 Å². The van der Waals surface area contributed by atoms with E-state index in [0.29, 0.717) is 61.4 Å². The summed E-state index contributed by atoms with van der Waals surface area (Å²) in [6.07, 6.45) is 3.09. The lowest BCUT2D eigenvalue weighted by Gasteiger charge is -2.12. The SMILES string of the molecule is Fc1cccc(COc2ccc(N=Cc3ccc(-c4ccc5ncnc(Nc6ccc(OCc7cccc(F)c7)c(Cl)c6)c5c4)o3)cc2Cl)c1. The summed E-state index contributed by atoms with van der Waals surface area (Å²) in [7, 11) is 0. The maximum absolute atomic E-state index is 13.5. The lowest BCUT2D eigenvalue weighted by Crippen LogP contribution is -1.98. The Hall–Kier alpha value is -5.77. The van der Waals surface area contributed by atoms with Gasteiger partial charge in [-0.3, -0.25) is 4.99 Å². The Balaban J connectivity index is 1.03. The van der Waals surface area contributed by atoms with Gasteiger partial charge in [0.1, 0.15) is 60.0 Å². The molecule has 1 N–H and O–H groups in total. The van der Waals surface area contributed by atoms with E-state index in [1.165, 1.54) is 30.6 Å². The van der Waals surface area contributed by atoms with E-state index in [4.69, 9.17) is 37.1 Å². The van der Waals surface area contributed by atoms with Gasteiger partial charge in [-0.05, 0) is 102 Å². The van der Waals surface area contributed by atoms with Crippen LogP contribution in [0, 0.1) is 11.6 Å². The second-order valence-corrected chi connectivity index (χ2v) is 12.0. The van der Waals surface area contributed by atoms with Crippen LogP contribution in [0.5, 0.6) is 11.5 Å². The second kappa shape index (κ2) is 14.8. The number of ether oxygens (including phenoxy) is 2. The van der Waals surface area contributed by atoms with Crippen LogP contribution in [-0.2, 0) is 13.2 Å². The molecule has 2 heterocycles. The van der Waals surface area contributed by atoms with Crippen LogP contribution in [0.15, 0.2) is 131 Å². The Labute approximate surface area is 295 Å². The van der Waals surface area contributed by atoms with E-state index in [-0.39, 0.29) is 24.8 Å². The Kier molecular flexibility index (Phi) is 9.68. The molecule has 0 aliphatic carbocycles. The van der Waals surface area contributed by atoms with Crippen LogP contribution in [0.2, 0.25) is 10.0 Å². The molecule has 0 amide bonds. The zero-order valence-corrected chi connectivity index (χ0v) is 27.6. The number of halogens is 4. The lowest BCUT2D eigenvalue weighted by molar-refractivity contribution is 0.306. The molecule has 0 saturated carbocycles. The summed E-state index contributed by atoms with van der Waals surface area (Å²) in [6.45, 7) is 0.367. The molecule has 0 unspecified atom stereocenters. The van der Waals surface area contributed by atoms with Gasteiger partial charge < -0.3 is 19.2 Å². The number of fused-ring (bicyclic) bond motifs is 1. The first-order valence-corrected chi connectivity index (χ1v) is 16.1. The van der Waals surface area contributed by atoms with E-state index < -0.39 is 0 Å². The molecule has 7 nitrogen and oxygen atoms in total. The van der Waals surface area contributed by atoms with E-state index in [2.05, 4.69) is 20.3 Å². The molecule has 0 spiro atoms. The number of benzene rings is 5. The molecule has 11 heteroatoms. The monoisotopic (exact) mass is 706 g/mol. The van der Waals surface area contributed by atoms with Crippen molar-refractivity contribution in [3.8, 4) is 22.8 Å². The standard InChI is InChI=1S/C39H26Cl2F2N4O3/c40-33-18-29(8-12-37(33)48-21-24-3-1-5-27(42)15-24)44-20-31-10-14-36(50-31)26-7-11-35-32(17-26)39(46-23-45-35)47-30-9-13-38(34(41)19-30)49-22-25-4-2-6-28(43)16-25/h1-20,23H,21-22H2,(H,45,46,47). The molecule has 0 aliphatic rings. The van der Waals surface area contributed by atoms with Crippen molar-refractivity contribution in [2.45, 2.75) is 13.2 Å². The predicted molar refractivity (Wildman–Crippen MR) is 192 cm³/mol. The van der Waals surface area contributed by atoms with E-state index >= 15 is 0 Å². The van der Waals surface area contributed by atoms with Crippen LogP contribution >= 0.6 is 23.2 Å². The molecule has 0 bridgehead atoms. The highest BCUT2D eigenvalue weighted by Gasteiger charge is 2.12. The van der Waals surface area contributed by atoms with Crippen LogP contribution in [0.25, 0.3) is 22.2 Å². The minimum absolute atomic E-state index is 0.182. The number of hydrogen-bond donors (Lipinski definition) is 1. The summed E-state index contributed by atoms with van der Waals surface area (Å²) in [6, 6.07) is 32.3. The average molecular weight is 708 g/mol. The van der Waals surface area contributed by atoms with Crippen molar-refractivity contribution in [1.29, 1.82) is 0 Å². The van der Waals surface area contributed by atoms with Gasteiger partial charge in [-0.15, -0.1) is 0 Å². The molecule has 0 fully saturated rings. The maximum atomic E-state index is 13.5. The highest BCUT2D eigenvalue weighted by Crippen LogP contribution is 2.33. The molecule has 0 atom stereocenters. The molecule has 7 aromatic rings. The summed E-state index contributed by atoms with van der Waals surface area (Å²) in [4.78, 5) is 13.4. The van der Waals surface area contributed by atoms with Gasteiger partial charge in [-0.25, -0.2) is 18.7 Å². The van der Waals surface area contributed by atoms with Crippen LogP contribution in [-0.4, -0.2) is 16.2 Å². The van der Waals surface area contributed by atoms with Gasteiger partial charge in [0.2, 0.25) is 0 Å². The van der Waals surface area contributed by atoms with Crippen molar-refractivity contribution in [3.05, 3.63) is 160 Å². The molecule has 50 heavy (non-hydrogen) atoms. The highest BCUT2D eigenvalue weighted by molar-refractivity contribution is 6.32. The summed E-state index contributed by atoms with van der Waals surface area (Å²) < 4.78 is 44.6. The number of furan rings is 1. The van der Waals surface area contributed by atoms with Crippen molar-refractivity contribution in [2.75, 3.05) is 5.32 Å². The minimum atomic E-state index is -0.324. The Morgan fingerprint density at radius 3 is 2.10 bits per heavy atom. The van der Waals surface area contributed by atoms with E-state index in [1.807, 2.05) is 36.4 Å². The number of aliphatic imine (C=N–C) groups is 1. The van der Waals surface area contributed by atoms with Gasteiger partial charge >= 0.3 is 0 Å². The van der Waals surface area contributed by atoms with Gasteiger partial charge in [0.15, 0.2) is 0 Å². The summed E-state index contributed by atoms with van der Waals surface area (Å²) in [5, 5.41) is 4.86. The minimum Gasteiger partial charge on any atom is -0.487 e. The first-order valence-electron chi connectivity index (χ1n) is 15.4. The smallest absolute Gasteiger partial charge is 0.145 e. The molecule has 5 aromatic carbocycles. The number of rotatable bonds is 11. The quantitative estimate of drug-likeness (QED) is 0.135. The van der Waals surface area contributed by atoms with Crippen LogP contribution in [0.3, 0.4) is 0 Å². The molecule has 0 saturated heterocycles. The Bertz CT molecular complexity index is 2350. The van der Waals surface area contributed by atoms with E-state index in [9.17, 15) is 8.78 Å². The number of anilines is 2.